The number of benzene rings is 2. The van der Waals surface area contributed by atoms with Crippen LogP contribution in [-0.4, -0.2) is 15.9 Å². The number of fused-ring (bicyclic) bond motifs is 1. The van der Waals surface area contributed by atoms with Crippen LogP contribution in [0.5, 0.6) is 0 Å². The fraction of sp³-hybridized carbons (Fsp3) is 0.261. The van der Waals surface area contributed by atoms with Crippen molar-refractivity contribution in [2.75, 3.05) is 5.73 Å². The summed E-state index contributed by atoms with van der Waals surface area (Å²) in [5.74, 6) is -0.553. The number of anilines is 1. The average molecular weight is 404 g/mol. The van der Waals surface area contributed by atoms with E-state index >= 15 is 0 Å². The van der Waals surface area contributed by atoms with Crippen LogP contribution < -0.4 is 22.3 Å². The van der Waals surface area contributed by atoms with Gasteiger partial charge in [-0.25, -0.2) is 4.79 Å². The number of hydrogen-bond donors (Lipinski definition) is 4. The topological polar surface area (TPSA) is 121 Å². The van der Waals surface area contributed by atoms with Gasteiger partial charge in [0.2, 0.25) is 0 Å². The minimum atomic E-state index is -0.767. The van der Waals surface area contributed by atoms with Crippen molar-refractivity contribution < 1.29 is 4.79 Å². The van der Waals surface area contributed by atoms with E-state index in [1.165, 1.54) is 16.7 Å². The van der Waals surface area contributed by atoms with Crippen molar-refractivity contribution in [2.45, 2.75) is 38.1 Å². The van der Waals surface area contributed by atoms with Gasteiger partial charge in [-0.2, -0.15) is 0 Å². The highest BCUT2D eigenvalue weighted by Gasteiger charge is 2.25. The number of carbonyl (C=O) groups is 1. The molecule has 0 aliphatic heterocycles. The van der Waals surface area contributed by atoms with Gasteiger partial charge in [0.1, 0.15) is 11.4 Å². The second-order valence-corrected chi connectivity index (χ2v) is 7.59. The quantitative estimate of drug-likeness (QED) is 0.521. The van der Waals surface area contributed by atoms with E-state index in [-0.39, 0.29) is 17.4 Å². The molecule has 1 unspecified atom stereocenters. The van der Waals surface area contributed by atoms with Gasteiger partial charge in [-0.15, -0.1) is 0 Å². The van der Waals surface area contributed by atoms with Crippen LogP contribution in [0.15, 0.2) is 58.1 Å². The highest BCUT2D eigenvalue weighted by Crippen LogP contribution is 2.32. The second-order valence-electron chi connectivity index (χ2n) is 7.59. The zero-order valence-corrected chi connectivity index (χ0v) is 16.5. The zero-order valence-electron chi connectivity index (χ0n) is 16.5. The van der Waals surface area contributed by atoms with Gasteiger partial charge in [0.25, 0.3) is 11.5 Å². The number of nitrogen functional groups attached to an aromatic ring is 1. The molecule has 0 spiro atoms. The van der Waals surface area contributed by atoms with Crippen molar-refractivity contribution in [1.29, 1.82) is 0 Å². The summed E-state index contributed by atoms with van der Waals surface area (Å²) in [5, 5.41) is 2.95. The number of nitrogens with one attached hydrogen (secondary N) is 3. The molecule has 1 amide bonds. The van der Waals surface area contributed by atoms with Crippen LogP contribution in [0.25, 0.3) is 0 Å². The molecule has 7 nitrogen and oxygen atoms in total. The first-order valence-corrected chi connectivity index (χ1v) is 10.1. The second kappa shape index (κ2) is 8.41. The maximum atomic E-state index is 12.7. The van der Waals surface area contributed by atoms with Crippen molar-refractivity contribution in [2.24, 2.45) is 0 Å². The lowest BCUT2D eigenvalue weighted by molar-refractivity contribution is 0.0928. The Balaban J connectivity index is 1.56. The van der Waals surface area contributed by atoms with Gasteiger partial charge in [-0.3, -0.25) is 14.6 Å². The number of H-pyrrole nitrogens is 2. The highest BCUT2D eigenvalue weighted by molar-refractivity contribution is 5.97. The first-order valence-electron chi connectivity index (χ1n) is 10.1. The van der Waals surface area contributed by atoms with Crippen LogP contribution in [0, 0.1) is 0 Å². The Bertz CT molecular complexity index is 1180. The molecule has 4 rings (SSSR count). The summed E-state index contributed by atoms with van der Waals surface area (Å²) in [4.78, 5) is 40.3. The van der Waals surface area contributed by atoms with Crippen LogP contribution in [0.4, 0.5) is 5.69 Å². The predicted molar refractivity (Wildman–Crippen MR) is 116 cm³/mol. The van der Waals surface area contributed by atoms with E-state index in [4.69, 9.17) is 5.73 Å². The molecule has 0 radical (unpaired) electrons. The van der Waals surface area contributed by atoms with Gasteiger partial charge in [0.15, 0.2) is 0 Å². The van der Waals surface area contributed by atoms with Crippen molar-refractivity contribution in [3.8, 4) is 0 Å². The van der Waals surface area contributed by atoms with E-state index in [1.54, 1.807) is 0 Å². The summed E-state index contributed by atoms with van der Waals surface area (Å²) in [5.41, 5.74) is 8.63. The van der Waals surface area contributed by atoms with Crippen LogP contribution >= 0.6 is 0 Å². The van der Waals surface area contributed by atoms with Gasteiger partial charge in [-0.1, -0.05) is 48.5 Å². The lowest BCUT2D eigenvalue weighted by Crippen LogP contribution is -2.36. The monoisotopic (exact) mass is 404 g/mol. The molecule has 30 heavy (non-hydrogen) atoms. The van der Waals surface area contributed by atoms with E-state index in [0.29, 0.717) is 0 Å². The SMILES string of the molecule is Nc1c(C(=O)NC2CCCc3c(CCc4ccccc4)cccc32)[nH]c(=O)[nH]c1=O. The number of aromatic amines is 2. The number of aromatic nitrogens is 2. The van der Waals surface area contributed by atoms with Gasteiger partial charge >= 0.3 is 5.69 Å². The van der Waals surface area contributed by atoms with E-state index in [9.17, 15) is 14.4 Å². The molecule has 1 aromatic heterocycles. The third kappa shape index (κ3) is 4.05. The molecule has 5 N–H and O–H groups in total. The maximum absolute atomic E-state index is 12.7. The van der Waals surface area contributed by atoms with E-state index in [0.717, 1.165) is 37.7 Å². The molecule has 7 heteroatoms. The number of aryl methyl sites for hydroxylation is 2. The summed E-state index contributed by atoms with van der Waals surface area (Å²) in [6, 6.07) is 16.4. The molecule has 3 aromatic rings. The standard InChI is InChI=1S/C23H24N4O3/c24-19-20(26-23(30)27-21(19)28)22(29)25-18-11-5-9-16-15(8-4-10-17(16)18)13-12-14-6-2-1-3-7-14/h1-4,6-8,10,18H,5,9,11-13,24H2,(H,25,29)(H2,26,27,28,30). The minimum Gasteiger partial charge on any atom is -0.392 e. The number of hydrogen-bond acceptors (Lipinski definition) is 4. The molecule has 1 aliphatic carbocycles. The summed E-state index contributed by atoms with van der Waals surface area (Å²) < 4.78 is 0. The van der Waals surface area contributed by atoms with Crippen molar-refractivity contribution in [3.63, 3.8) is 0 Å². The minimum absolute atomic E-state index is 0.194. The van der Waals surface area contributed by atoms with Crippen molar-refractivity contribution in [1.82, 2.24) is 15.3 Å². The lowest BCUT2D eigenvalue weighted by atomic mass is 9.83. The van der Waals surface area contributed by atoms with E-state index in [2.05, 4.69) is 28.5 Å². The molecule has 1 heterocycles. The normalized spacial score (nSPS) is 15.4. The Morgan fingerprint density at radius 2 is 1.83 bits per heavy atom. The van der Waals surface area contributed by atoms with E-state index in [1.807, 2.05) is 35.3 Å². The Labute approximate surface area is 173 Å². The Hall–Kier alpha value is -3.61. The summed E-state index contributed by atoms with van der Waals surface area (Å²) in [6.07, 6.45) is 4.59. The first kappa shape index (κ1) is 19.7. The molecule has 1 aliphatic rings. The van der Waals surface area contributed by atoms with Crippen LogP contribution in [0.1, 0.15) is 51.6 Å². The first-order chi connectivity index (χ1) is 14.5. The Kier molecular flexibility index (Phi) is 5.52. The summed E-state index contributed by atoms with van der Waals surface area (Å²) >= 11 is 0. The molecule has 154 valence electrons. The van der Waals surface area contributed by atoms with E-state index < -0.39 is 17.2 Å². The molecular formula is C23H24N4O3. The third-order valence-corrected chi connectivity index (χ3v) is 5.64. The number of carbonyl (C=O) groups excluding carboxylic acids is 1. The molecule has 1 atom stereocenters. The molecule has 2 aromatic carbocycles. The van der Waals surface area contributed by atoms with Gasteiger partial charge in [-0.05, 0) is 54.4 Å². The molecule has 0 fully saturated rings. The largest absolute Gasteiger partial charge is 0.392 e. The highest BCUT2D eigenvalue weighted by atomic mass is 16.2. The van der Waals surface area contributed by atoms with Gasteiger partial charge in [0, 0.05) is 0 Å². The molecule has 0 saturated heterocycles. The Morgan fingerprint density at radius 1 is 1.03 bits per heavy atom. The Morgan fingerprint density at radius 3 is 2.63 bits per heavy atom. The number of nitrogens with two attached hydrogens (primary N) is 1. The van der Waals surface area contributed by atoms with Crippen LogP contribution in [0.2, 0.25) is 0 Å². The molecule has 0 bridgehead atoms. The fourth-order valence-corrected chi connectivity index (χ4v) is 4.14. The van der Waals surface area contributed by atoms with Crippen LogP contribution in [0.3, 0.4) is 0 Å². The smallest absolute Gasteiger partial charge is 0.326 e. The lowest BCUT2D eigenvalue weighted by Gasteiger charge is -2.28. The van der Waals surface area contributed by atoms with Gasteiger partial charge in [0.05, 0.1) is 6.04 Å². The maximum Gasteiger partial charge on any atom is 0.326 e. The average Bonchev–Trinajstić information content (AvgIpc) is 2.75. The third-order valence-electron chi connectivity index (χ3n) is 5.64. The molecule has 0 saturated carbocycles. The zero-order chi connectivity index (χ0) is 21.1. The summed E-state index contributed by atoms with van der Waals surface area (Å²) in [7, 11) is 0. The molecular weight excluding hydrogens is 380 g/mol. The van der Waals surface area contributed by atoms with Gasteiger partial charge < -0.3 is 16.0 Å². The summed E-state index contributed by atoms with van der Waals surface area (Å²) in [6.45, 7) is 0. The van der Waals surface area contributed by atoms with Crippen molar-refractivity contribution >= 4 is 11.6 Å². The fourth-order valence-electron chi connectivity index (χ4n) is 4.14. The predicted octanol–water partition coefficient (Wildman–Crippen LogP) is 2.24. The van der Waals surface area contributed by atoms with Crippen LogP contribution in [-0.2, 0) is 19.3 Å². The number of amides is 1. The van der Waals surface area contributed by atoms with Crippen molar-refractivity contribution in [3.05, 3.63) is 97.3 Å². The number of rotatable bonds is 5.